The molecule has 2 saturated carbocycles. The van der Waals surface area contributed by atoms with Crippen molar-refractivity contribution in [2.45, 2.75) is 64.0 Å². The summed E-state index contributed by atoms with van der Waals surface area (Å²) in [5.41, 5.74) is 1.21. The minimum Gasteiger partial charge on any atom is -0.481 e. The molecule has 2 atom stereocenters. The molecule has 1 aromatic carbocycles. The largest absolute Gasteiger partial charge is 0.481 e. The van der Waals surface area contributed by atoms with Gasteiger partial charge in [0.25, 0.3) is 0 Å². The maximum Gasteiger partial charge on any atom is 0.321 e. The molecule has 3 fully saturated rings. The summed E-state index contributed by atoms with van der Waals surface area (Å²) in [6, 6.07) is 8.42. The molecule has 0 unspecified atom stereocenters. The van der Waals surface area contributed by atoms with Crippen LogP contribution in [0.1, 0.15) is 56.9 Å². The van der Waals surface area contributed by atoms with Crippen LogP contribution < -0.4 is 5.32 Å². The second-order valence-electron chi connectivity index (χ2n) is 9.23. The zero-order chi connectivity index (χ0) is 20.4. The van der Waals surface area contributed by atoms with Crippen LogP contribution in [-0.4, -0.2) is 53.1 Å². The standard InChI is InChI=1S/C23H33N3O3/c1-25(19-10-3-2-4-11-19)14-17-8-5-6-12-20(17)24-22(29)26-15-18-9-7-13-23(18,16-26)21(27)28/h5-6,8,12,18-19H,2-4,7,9-11,13-16H2,1H3,(H,24,29)(H,27,28)/t18-,23+/m0/s1. The lowest BCUT2D eigenvalue weighted by atomic mass is 9.81. The van der Waals surface area contributed by atoms with Crippen LogP contribution in [0.2, 0.25) is 0 Å². The highest BCUT2D eigenvalue weighted by molar-refractivity contribution is 5.91. The van der Waals surface area contributed by atoms with Gasteiger partial charge in [-0.05, 0) is 50.3 Å². The van der Waals surface area contributed by atoms with Crippen LogP contribution in [-0.2, 0) is 11.3 Å². The number of para-hydroxylation sites is 1. The molecule has 2 N–H and O–H groups in total. The van der Waals surface area contributed by atoms with E-state index in [1.807, 2.05) is 18.2 Å². The fourth-order valence-corrected chi connectivity index (χ4v) is 5.69. The van der Waals surface area contributed by atoms with Crippen LogP contribution in [0.3, 0.4) is 0 Å². The van der Waals surface area contributed by atoms with E-state index in [1.165, 1.54) is 32.1 Å². The predicted octanol–water partition coefficient (Wildman–Crippen LogP) is 4.17. The SMILES string of the molecule is CN(Cc1ccccc1NC(=O)N1C[C@@H]2CCC[C@@]2(C(=O)O)C1)C1CCCCC1. The van der Waals surface area contributed by atoms with Crippen molar-refractivity contribution in [3.8, 4) is 0 Å². The van der Waals surface area contributed by atoms with Gasteiger partial charge in [-0.25, -0.2) is 4.79 Å². The highest BCUT2D eigenvalue weighted by atomic mass is 16.4. The molecule has 0 bridgehead atoms. The van der Waals surface area contributed by atoms with Gasteiger partial charge < -0.3 is 15.3 Å². The number of nitrogens with one attached hydrogen (secondary N) is 1. The van der Waals surface area contributed by atoms with Gasteiger partial charge in [0, 0.05) is 31.4 Å². The number of hydrogen-bond acceptors (Lipinski definition) is 3. The zero-order valence-corrected chi connectivity index (χ0v) is 17.4. The second kappa shape index (κ2) is 8.34. The van der Waals surface area contributed by atoms with Gasteiger partial charge >= 0.3 is 12.0 Å². The molecule has 0 spiro atoms. The molecule has 1 aliphatic heterocycles. The molecule has 6 heteroatoms. The smallest absolute Gasteiger partial charge is 0.321 e. The van der Waals surface area contributed by atoms with Crippen LogP contribution in [0.5, 0.6) is 0 Å². The first-order valence-electron chi connectivity index (χ1n) is 11.1. The fraction of sp³-hybridized carbons (Fsp3) is 0.652. The van der Waals surface area contributed by atoms with Crippen LogP contribution in [0.25, 0.3) is 0 Å². The third-order valence-corrected chi connectivity index (χ3v) is 7.46. The number of amides is 2. The van der Waals surface area contributed by atoms with Gasteiger partial charge in [-0.3, -0.25) is 9.69 Å². The van der Waals surface area contributed by atoms with Crippen LogP contribution in [0.4, 0.5) is 10.5 Å². The Labute approximate surface area is 173 Å². The lowest BCUT2D eigenvalue weighted by Gasteiger charge is -2.31. The molecule has 6 nitrogen and oxygen atoms in total. The highest BCUT2D eigenvalue weighted by Crippen LogP contribution is 2.49. The van der Waals surface area contributed by atoms with E-state index in [0.29, 0.717) is 25.6 Å². The lowest BCUT2D eigenvalue weighted by molar-refractivity contribution is -0.149. The molecule has 2 amide bonds. The summed E-state index contributed by atoms with van der Waals surface area (Å²) in [5, 5.41) is 12.8. The number of nitrogens with zero attached hydrogens (tertiary/aromatic N) is 2. The van der Waals surface area contributed by atoms with Gasteiger partial charge in [0.1, 0.15) is 0 Å². The van der Waals surface area contributed by atoms with Crippen LogP contribution in [0.15, 0.2) is 24.3 Å². The van der Waals surface area contributed by atoms with E-state index in [4.69, 9.17) is 0 Å². The minimum atomic E-state index is -0.746. The molecular weight excluding hydrogens is 366 g/mol. The number of carboxylic acids is 1. The van der Waals surface area contributed by atoms with E-state index >= 15 is 0 Å². The van der Waals surface area contributed by atoms with Gasteiger partial charge in [-0.15, -0.1) is 0 Å². The number of anilines is 1. The first kappa shape index (κ1) is 20.2. The van der Waals surface area contributed by atoms with Gasteiger partial charge in [0.2, 0.25) is 0 Å². The Kier molecular flexibility index (Phi) is 5.81. The number of fused-ring (bicyclic) bond motifs is 1. The van der Waals surface area contributed by atoms with Crippen molar-refractivity contribution in [1.29, 1.82) is 0 Å². The van der Waals surface area contributed by atoms with Crippen molar-refractivity contribution in [2.75, 3.05) is 25.5 Å². The molecule has 0 aromatic heterocycles. The van der Waals surface area contributed by atoms with Crippen molar-refractivity contribution in [3.05, 3.63) is 29.8 Å². The van der Waals surface area contributed by atoms with Gasteiger partial charge in [0.15, 0.2) is 0 Å². The Balaban J connectivity index is 1.42. The van der Waals surface area contributed by atoms with E-state index in [2.05, 4.69) is 23.3 Å². The van der Waals surface area contributed by atoms with E-state index < -0.39 is 11.4 Å². The molecule has 29 heavy (non-hydrogen) atoms. The van der Waals surface area contributed by atoms with Gasteiger partial charge in [-0.1, -0.05) is 43.9 Å². The van der Waals surface area contributed by atoms with E-state index in [9.17, 15) is 14.7 Å². The summed E-state index contributed by atoms with van der Waals surface area (Å²) in [4.78, 5) is 29.0. The average molecular weight is 400 g/mol. The predicted molar refractivity (Wildman–Crippen MR) is 113 cm³/mol. The molecule has 1 heterocycles. The van der Waals surface area contributed by atoms with Crippen molar-refractivity contribution in [1.82, 2.24) is 9.80 Å². The number of carbonyl (C=O) groups excluding carboxylic acids is 1. The van der Waals surface area contributed by atoms with Crippen molar-refractivity contribution in [2.24, 2.45) is 11.3 Å². The number of urea groups is 1. The van der Waals surface area contributed by atoms with Crippen LogP contribution in [0, 0.1) is 11.3 Å². The summed E-state index contributed by atoms with van der Waals surface area (Å²) in [7, 11) is 2.17. The Morgan fingerprint density at radius 2 is 1.93 bits per heavy atom. The molecule has 1 saturated heterocycles. The summed E-state index contributed by atoms with van der Waals surface area (Å²) in [6.45, 7) is 1.67. The van der Waals surface area contributed by atoms with Gasteiger partial charge in [0.05, 0.1) is 5.41 Å². The van der Waals surface area contributed by atoms with Crippen molar-refractivity contribution < 1.29 is 14.7 Å². The molecule has 158 valence electrons. The van der Waals surface area contributed by atoms with E-state index in [-0.39, 0.29) is 11.9 Å². The minimum absolute atomic E-state index is 0.0819. The number of hydrogen-bond donors (Lipinski definition) is 2. The number of carbonyl (C=O) groups is 2. The first-order valence-corrected chi connectivity index (χ1v) is 11.1. The number of carboxylic acid groups (broad SMARTS) is 1. The average Bonchev–Trinajstić information content (AvgIpc) is 3.29. The van der Waals surface area contributed by atoms with Gasteiger partial charge in [-0.2, -0.15) is 0 Å². The number of benzene rings is 1. The Bertz CT molecular complexity index is 761. The fourth-order valence-electron chi connectivity index (χ4n) is 5.69. The quantitative estimate of drug-likeness (QED) is 0.779. The summed E-state index contributed by atoms with van der Waals surface area (Å²) < 4.78 is 0. The first-order chi connectivity index (χ1) is 14.0. The van der Waals surface area contributed by atoms with Crippen molar-refractivity contribution in [3.63, 3.8) is 0 Å². The second-order valence-corrected chi connectivity index (χ2v) is 9.23. The molecule has 3 aliphatic rings. The lowest BCUT2D eigenvalue weighted by Crippen LogP contribution is -2.39. The van der Waals surface area contributed by atoms with Crippen LogP contribution >= 0.6 is 0 Å². The number of likely N-dealkylation sites (tertiary alicyclic amines) is 1. The molecule has 4 rings (SSSR count). The highest BCUT2D eigenvalue weighted by Gasteiger charge is 2.55. The zero-order valence-electron chi connectivity index (χ0n) is 17.4. The topological polar surface area (TPSA) is 72.9 Å². The van der Waals surface area contributed by atoms with Crippen molar-refractivity contribution >= 4 is 17.7 Å². The summed E-state index contributed by atoms with van der Waals surface area (Å²) in [6.07, 6.45) is 8.96. The third kappa shape index (κ3) is 4.00. The maximum atomic E-state index is 13.0. The summed E-state index contributed by atoms with van der Waals surface area (Å²) in [5.74, 6) is -0.664. The molecular formula is C23H33N3O3. The molecule has 2 aliphatic carbocycles. The molecule has 1 aromatic rings. The van der Waals surface area contributed by atoms with E-state index in [0.717, 1.165) is 30.6 Å². The Morgan fingerprint density at radius 1 is 1.17 bits per heavy atom. The molecule has 0 radical (unpaired) electrons. The number of aliphatic carboxylic acids is 1. The Morgan fingerprint density at radius 3 is 2.66 bits per heavy atom. The monoisotopic (exact) mass is 399 g/mol. The Hall–Kier alpha value is -2.08. The maximum absolute atomic E-state index is 13.0. The van der Waals surface area contributed by atoms with E-state index in [1.54, 1.807) is 4.90 Å². The normalized spacial score (nSPS) is 27.2. The summed E-state index contributed by atoms with van der Waals surface area (Å²) >= 11 is 0. The third-order valence-electron chi connectivity index (χ3n) is 7.46. The number of rotatable bonds is 5.